The first kappa shape index (κ1) is 18.6. The van der Waals surface area contributed by atoms with Gasteiger partial charge in [-0.3, -0.25) is 4.79 Å². The van der Waals surface area contributed by atoms with E-state index in [0.717, 1.165) is 16.8 Å². The number of anilines is 2. The number of carbonyl (C=O) groups excluding carboxylic acids is 1. The van der Waals surface area contributed by atoms with Crippen molar-refractivity contribution < 1.29 is 9.18 Å². The van der Waals surface area contributed by atoms with Gasteiger partial charge in [-0.05, 0) is 61.2 Å². The molecule has 0 saturated carbocycles. The lowest BCUT2D eigenvalue weighted by atomic mass is 10.1. The summed E-state index contributed by atoms with van der Waals surface area (Å²) >= 11 is 0. The lowest BCUT2D eigenvalue weighted by molar-refractivity contribution is 0.102. The highest BCUT2D eigenvalue weighted by molar-refractivity contribution is 6.05. The lowest BCUT2D eigenvalue weighted by Gasteiger charge is -2.11. The van der Waals surface area contributed by atoms with Crippen molar-refractivity contribution in [1.29, 1.82) is 0 Å². The molecule has 0 aliphatic rings. The number of benzene rings is 2. The number of carbonyl (C=O) groups is 1. The van der Waals surface area contributed by atoms with Crippen LogP contribution in [0.2, 0.25) is 0 Å². The van der Waals surface area contributed by atoms with E-state index in [4.69, 9.17) is 0 Å². The quantitative estimate of drug-likeness (QED) is 0.665. The number of hydrogen-bond acceptors (Lipinski definition) is 3. The molecule has 0 unspecified atom stereocenters. The molecular weight excluding hydrogens is 341 g/mol. The average Bonchev–Trinajstić information content (AvgIpc) is 2.67. The number of hydrogen-bond donors (Lipinski definition) is 2. The molecule has 0 fully saturated rings. The van der Waals surface area contributed by atoms with Crippen molar-refractivity contribution in [2.75, 3.05) is 17.2 Å². The molecule has 0 saturated heterocycles. The van der Waals surface area contributed by atoms with Gasteiger partial charge in [-0.2, -0.15) is 0 Å². The van der Waals surface area contributed by atoms with Gasteiger partial charge in [-0.15, -0.1) is 0 Å². The SMILES string of the molecule is Cc1cccc(NC(=O)c2ccnc(NCCc3ccccc3F)c2)c1C. The third-order valence-corrected chi connectivity index (χ3v) is 4.53. The molecule has 3 aromatic rings. The average molecular weight is 363 g/mol. The Hall–Kier alpha value is -3.21. The molecule has 3 rings (SSSR count). The molecule has 1 heterocycles. The number of halogens is 1. The van der Waals surface area contributed by atoms with Crippen LogP contribution in [-0.2, 0) is 6.42 Å². The predicted octanol–water partition coefficient (Wildman–Crippen LogP) is 4.74. The van der Waals surface area contributed by atoms with E-state index >= 15 is 0 Å². The highest BCUT2D eigenvalue weighted by atomic mass is 19.1. The van der Waals surface area contributed by atoms with Crippen LogP contribution in [0.1, 0.15) is 27.0 Å². The standard InChI is InChI=1S/C22H22FN3O/c1-15-6-5-9-20(16(15)2)26-22(27)18-11-13-25-21(14-18)24-12-10-17-7-3-4-8-19(17)23/h3-9,11,13-14H,10,12H2,1-2H3,(H,24,25)(H,26,27). The van der Waals surface area contributed by atoms with Crippen molar-refractivity contribution in [2.24, 2.45) is 0 Å². The van der Waals surface area contributed by atoms with Gasteiger partial charge in [-0.25, -0.2) is 9.37 Å². The van der Waals surface area contributed by atoms with Crippen LogP contribution in [0, 0.1) is 19.7 Å². The third-order valence-electron chi connectivity index (χ3n) is 4.53. The van der Waals surface area contributed by atoms with E-state index < -0.39 is 0 Å². The van der Waals surface area contributed by atoms with Gasteiger partial charge in [0, 0.05) is 24.0 Å². The fraction of sp³-hybridized carbons (Fsp3) is 0.182. The Bertz CT molecular complexity index is 956. The zero-order valence-electron chi connectivity index (χ0n) is 15.4. The smallest absolute Gasteiger partial charge is 0.255 e. The maximum Gasteiger partial charge on any atom is 0.255 e. The third kappa shape index (κ3) is 4.70. The Labute approximate surface area is 158 Å². The minimum Gasteiger partial charge on any atom is -0.370 e. The first-order chi connectivity index (χ1) is 13.0. The van der Waals surface area contributed by atoms with Gasteiger partial charge in [0.1, 0.15) is 11.6 Å². The summed E-state index contributed by atoms with van der Waals surface area (Å²) in [5.41, 5.74) is 4.13. The van der Waals surface area contributed by atoms with Gasteiger partial charge in [0.25, 0.3) is 5.91 Å². The second-order valence-corrected chi connectivity index (χ2v) is 6.40. The fourth-order valence-corrected chi connectivity index (χ4v) is 2.78. The highest BCUT2D eigenvalue weighted by Gasteiger charge is 2.10. The van der Waals surface area contributed by atoms with Gasteiger partial charge in [0.2, 0.25) is 0 Å². The van der Waals surface area contributed by atoms with Crippen LogP contribution < -0.4 is 10.6 Å². The first-order valence-corrected chi connectivity index (χ1v) is 8.85. The summed E-state index contributed by atoms with van der Waals surface area (Å²) in [5, 5.41) is 6.08. The van der Waals surface area contributed by atoms with Crippen molar-refractivity contribution >= 4 is 17.4 Å². The second kappa shape index (κ2) is 8.45. The summed E-state index contributed by atoms with van der Waals surface area (Å²) in [7, 11) is 0. The molecule has 0 aliphatic heterocycles. The fourth-order valence-electron chi connectivity index (χ4n) is 2.78. The molecule has 0 radical (unpaired) electrons. The Morgan fingerprint density at radius 3 is 2.70 bits per heavy atom. The Morgan fingerprint density at radius 1 is 1.07 bits per heavy atom. The molecule has 1 amide bonds. The number of nitrogens with one attached hydrogen (secondary N) is 2. The minimum atomic E-state index is -0.214. The molecule has 4 nitrogen and oxygen atoms in total. The van der Waals surface area contributed by atoms with Crippen LogP contribution in [0.25, 0.3) is 0 Å². The normalized spacial score (nSPS) is 10.5. The maximum absolute atomic E-state index is 13.7. The molecule has 1 aromatic heterocycles. The topological polar surface area (TPSA) is 54.0 Å². The zero-order chi connectivity index (χ0) is 19.2. The lowest BCUT2D eigenvalue weighted by Crippen LogP contribution is -2.14. The summed E-state index contributed by atoms with van der Waals surface area (Å²) in [5.74, 6) is 0.178. The van der Waals surface area contributed by atoms with E-state index in [0.29, 0.717) is 29.9 Å². The van der Waals surface area contributed by atoms with Crippen molar-refractivity contribution in [1.82, 2.24) is 4.98 Å². The molecule has 0 bridgehead atoms. The predicted molar refractivity (Wildman–Crippen MR) is 107 cm³/mol. The van der Waals surface area contributed by atoms with Crippen LogP contribution in [0.3, 0.4) is 0 Å². The van der Waals surface area contributed by atoms with Crippen LogP contribution >= 0.6 is 0 Å². The molecule has 2 aromatic carbocycles. The molecule has 27 heavy (non-hydrogen) atoms. The summed E-state index contributed by atoms with van der Waals surface area (Å²) in [6.45, 7) is 4.51. The van der Waals surface area contributed by atoms with E-state index in [-0.39, 0.29) is 11.7 Å². The van der Waals surface area contributed by atoms with Gasteiger partial charge in [0.15, 0.2) is 0 Å². The van der Waals surface area contributed by atoms with Crippen LogP contribution in [-0.4, -0.2) is 17.4 Å². The molecule has 0 aliphatic carbocycles. The monoisotopic (exact) mass is 363 g/mol. The van der Waals surface area contributed by atoms with Gasteiger partial charge < -0.3 is 10.6 Å². The Balaban J connectivity index is 1.63. The number of nitrogens with zero attached hydrogens (tertiary/aromatic N) is 1. The van der Waals surface area contributed by atoms with Crippen LogP contribution in [0.15, 0.2) is 60.8 Å². The second-order valence-electron chi connectivity index (χ2n) is 6.40. The minimum absolute atomic E-state index is 0.191. The van der Waals surface area contributed by atoms with Gasteiger partial charge in [-0.1, -0.05) is 30.3 Å². The summed E-state index contributed by atoms with van der Waals surface area (Å²) in [6.07, 6.45) is 2.12. The number of amides is 1. The van der Waals surface area contributed by atoms with E-state index in [1.807, 2.05) is 38.1 Å². The number of aromatic nitrogens is 1. The summed E-state index contributed by atoms with van der Waals surface area (Å²) in [4.78, 5) is 16.8. The van der Waals surface area contributed by atoms with Gasteiger partial charge >= 0.3 is 0 Å². The van der Waals surface area contributed by atoms with E-state index in [1.54, 1.807) is 30.5 Å². The van der Waals surface area contributed by atoms with E-state index in [2.05, 4.69) is 15.6 Å². The number of rotatable bonds is 6. The van der Waals surface area contributed by atoms with E-state index in [9.17, 15) is 9.18 Å². The highest BCUT2D eigenvalue weighted by Crippen LogP contribution is 2.19. The Kier molecular flexibility index (Phi) is 5.81. The first-order valence-electron chi connectivity index (χ1n) is 8.85. The van der Waals surface area contributed by atoms with Crippen LogP contribution in [0.4, 0.5) is 15.9 Å². The van der Waals surface area contributed by atoms with Crippen molar-refractivity contribution in [3.05, 3.63) is 88.9 Å². The zero-order valence-corrected chi connectivity index (χ0v) is 15.4. The number of pyridine rings is 1. The molecular formula is C22H22FN3O. The molecule has 138 valence electrons. The maximum atomic E-state index is 13.7. The molecule has 2 N–H and O–H groups in total. The molecule has 0 atom stereocenters. The van der Waals surface area contributed by atoms with Crippen molar-refractivity contribution in [3.63, 3.8) is 0 Å². The van der Waals surface area contributed by atoms with Gasteiger partial charge in [0.05, 0.1) is 0 Å². The van der Waals surface area contributed by atoms with E-state index in [1.165, 1.54) is 6.07 Å². The molecule has 5 heteroatoms. The molecule has 0 spiro atoms. The summed E-state index contributed by atoms with van der Waals surface area (Å²) < 4.78 is 13.7. The largest absolute Gasteiger partial charge is 0.370 e. The Morgan fingerprint density at radius 2 is 1.89 bits per heavy atom. The summed E-state index contributed by atoms with van der Waals surface area (Å²) in [6, 6.07) is 15.9. The van der Waals surface area contributed by atoms with Crippen molar-refractivity contribution in [2.45, 2.75) is 20.3 Å². The van der Waals surface area contributed by atoms with Crippen LogP contribution in [0.5, 0.6) is 0 Å². The number of aryl methyl sites for hydroxylation is 1. The van der Waals surface area contributed by atoms with Crippen molar-refractivity contribution in [3.8, 4) is 0 Å².